The summed E-state index contributed by atoms with van der Waals surface area (Å²) < 4.78 is 0. The summed E-state index contributed by atoms with van der Waals surface area (Å²) in [5, 5.41) is 0. The van der Waals surface area contributed by atoms with Gasteiger partial charge in [-0.15, -0.1) is 0 Å². The van der Waals surface area contributed by atoms with E-state index in [1.54, 1.807) is 6.08 Å². The second-order valence-corrected chi connectivity index (χ2v) is 10.3. The number of carbonyl (C=O) groups excluding carboxylic acids is 1. The van der Waals surface area contributed by atoms with E-state index in [0.29, 0.717) is 17.6 Å². The third-order valence-corrected chi connectivity index (χ3v) is 8.03. The Morgan fingerprint density at radius 1 is 0.719 bits per heavy atom. The molecule has 6 rings (SSSR count). The fourth-order valence-corrected chi connectivity index (χ4v) is 6.39. The minimum absolute atomic E-state index is 0.108. The summed E-state index contributed by atoms with van der Waals surface area (Å²) in [6.45, 7) is 6.01. The predicted molar refractivity (Wildman–Crippen MR) is 126 cm³/mol. The number of piperidine rings is 3. The molecule has 0 N–H and O–H groups in total. The largest absolute Gasteiger partial charge is 0.341 e. The van der Waals surface area contributed by atoms with E-state index in [-0.39, 0.29) is 5.92 Å². The van der Waals surface area contributed by atoms with E-state index in [2.05, 4.69) is 20.8 Å². The van der Waals surface area contributed by atoms with Crippen molar-refractivity contribution in [3.63, 3.8) is 0 Å². The zero-order valence-electron chi connectivity index (χ0n) is 19.0. The third kappa shape index (κ3) is 3.80. The summed E-state index contributed by atoms with van der Waals surface area (Å²) in [6.07, 6.45) is 15.5. The quantitative estimate of drug-likeness (QED) is 0.722. The lowest BCUT2D eigenvalue weighted by Gasteiger charge is -2.46. The zero-order valence-corrected chi connectivity index (χ0v) is 19.0. The average Bonchev–Trinajstić information content (AvgIpc) is 2.85. The van der Waals surface area contributed by atoms with E-state index in [1.807, 2.05) is 6.08 Å². The number of aromatic nitrogens is 3. The molecule has 0 amide bonds. The van der Waals surface area contributed by atoms with E-state index < -0.39 is 0 Å². The van der Waals surface area contributed by atoms with Crippen LogP contribution in [0.3, 0.4) is 0 Å². The lowest BCUT2D eigenvalue weighted by atomic mass is 9.66. The molecule has 7 heteroatoms. The van der Waals surface area contributed by atoms with Gasteiger partial charge in [-0.2, -0.15) is 15.0 Å². The lowest BCUT2D eigenvalue weighted by molar-refractivity contribution is -0.118. The maximum Gasteiger partial charge on any atom is 0.231 e. The van der Waals surface area contributed by atoms with Crippen LogP contribution in [-0.2, 0) is 4.79 Å². The second-order valence-electron chi connectivity index (χ2n) is 10.3. The number of nitrogens with zero attached hydrogens (tertiary/aromatic N) is 6. The van der Waals surface area contributed by atoms with Gasteiger partial charge in [0, 0.05) is 45.2 Å². The molecule has 0 radical (unpaired) electrons. The summed E-state index contributed by atoms with van der Waals surface area (Å²) in [4.78, 5) is 34.6. The molecule has 7 nitrogen and oxygen atoms in total. The number of rotatable bonds is 3. The van der Waals surface area contributed by atoms with Gasteiger partial charge in [-0.25, -0.2) is 0 Å². The van der Waals surface area contributed by atoms with Crippen LogP contribution < -0.4 is 14.7 Å². The Bertz CT molecular complexity index is 894. The normalized spacial score (nSPS) is 30.2. The van der Waals surface area contributed by atoms with E-state index in [1.165, 1.54) is 50.5 Å². The number of fused-ring (bicyclic) bond motifs is 4. The van der Waals surface area contributed by atoms with Gasteiger partial charge in [-0.1, -0.05) is 17.7 Å². The van der Waals surface area contributed by atoms with Gasteiger partial charge in [0.15, 0.2) is 5.78 Å². The summed E-state index contributed by atoms with van der Waals surface area (Å²) in [5.41, 5.74) is 1.33. The van der Waals surface area contributed by atoms with Crippen molar-refractivity contribution in [2.24, 2.45) is 17.8 Å². The van der Waals surface area contributed by atoms with Crippen molar-refractivity contribution in [2.45, 2.75) is 51.4 Å². The fraction of sp³-hybridized carbons (Fsp3) is 0.680. The standard InChI is InChI=1S/C25H34N6O/c32-22-9-7-8-20-19-14-18(15-21(20)22)16-31(17-19)25-27-23(29-10-3-1-4-11-29)26-24(28-25)30-12-5-2-6-13-30/h7-9,18-19,21H,1-6,10-17H2/t18-,19-,21-/m0/s1. The Labute approximate surface area is 190 Å². The van der Waals surface area contributed by atoms with Crippen LogP contribution in [0.5, 0.6) is 0 Å². The monoisotopic (exact) mass is 434 g/mol. The third-order valence-electron chi connectivity index (χ3n) is 8.03. The van der Waals surface area contributed by atoms with Crippen molar-refractivity contribution in [3.05, 3.63) is 23.8 Å². The Morgan fingerprint density at radius 3 is 1.94 bits per heavy atom. The van der Waals surface area contributed by atoms with Crippen LogP contribution >= 0.6 is 0 Å². The number of anilines is 3. The van der Waals surface area contributed by atoms with Crippen molar-refractivity contribution in [1.29, 1.82) is 0 Å². The molecule has 32 heavy (non-hydrogen) atoms. The van der Waals surface area contributed by atoms with Gasteiger partial charge >= 0.3 is 0 Å². The SMILES string of the molecule is O=C1C=CC=C2[C@H]3C[C@@H](C[C@H]12)CN(c1nc(N2CCCCC2)nc(N2CCCCC2)n1)C3. The van der Waals surface area contributed by atoms with Crippen LogP contribution in [0.15, 0.2) is 23.8 Å². The maximum atomic E-state index is 12.5. The number of ketones is 1. The first-order valence-electron chi connectivity index (χ1n) is 12.7. The van der Waals surface area contributed by atoms with Gasteiger partial charge in [0.1, 0.15) is 0 Å². The fourth-order valence-electron chi connectivity index (χ4n) is 6.39. The minimum atomic E-state index is 0.108. The number of carbonyl (C=O) groups is 1. The molecule has 2 bridgehead atoms. The molecule has 3 aliphatic heterocycles. The highest BCUT2D eigenvalue weighted by atomic mass is 16.1. The molecular formula is C25H34N6O. The Balaban J connectivity index is 1.31. The molecule has 0 spiro atoms. The van der Waals surface area contributed by atoms with Crippen molar-refractivity contribution in [1.82, 2.24) is 15.0 Å². The number of hydrogen-bond acceptors (Lipinski definition) is 7. The molecule has 170 valence electrons. The Hall–Kier alpha value is -2.44. The molecule has 5 aliphatic rings. The summed E-state index contributed by atoms with van der Waals surface area (Å²) in [5.74, 6) is 3.92. The molecule has 1 aromatic rings. The molecule has 3 atom stereocenters. The van der Waals surface area contributed by atoms with Crippen molar-refractivity contribution in [2.75, 3.05) is 54.0 Å². The molecule has 0 unspecified atom stereocenters. The molecule has 1 saturated carbocycles. The van der Waals surface area contributed by atoms with Crippen LogP contribution in [0, 0.1) is 17.8 Å². The van der Waals surface area contributed by atoms with E-state index in [9.17, 15) is 4.79 Å². The molecule has 3 saturated heterocycles. The average molecular weight is 435 g/mol. The molecule has 1 aromatic heterocycles. The summed E-state index contributed by atoms with van der Waals surface area (Å²) in [6, 6.07) is 0. The number of allylic oxidation sites excluding steroid dienone is 3. The highest BCUT2D eigenvalue weighted by Gasteiger charge is 2.42. The van der Waals surface area contributed by atoms with Crippen LogP contribution in [0.2, 0.25) is 0 Å². The van der Waals surface area contributed by atoms with Crippen molar-refractivity contribution < 1.29 is 4.79 Å². The Kier molecular flexibility index (Phi) is 5.35. The molecule has 0 aromatic carbocycles. The van der Waals surface area contributed by atoms with E-state index >= 15 is 0 Å². The predicted octanol–water partition coefficient (Wildman–Crippen LogP) is 3.38. The zero-order chi connectivity index (χ0) is 21.5. The van der Waals surface area contributed by atoms with Crippen LogP contribution in [-0.4, -0.2) is 60.0 Å². The second kappa shape index (κ2) is 8.49. The van der Waals surface area contributed by atoms with Gasteiger partial charge in [-0.05, 0) is 69.3 Å². The van der Waals surface area contributed by atoms with E-state index in [0.717, 1.165) is 63.5 Å². The molecule has 4 heterocycles. The van der Waals surface area contributed by atoms with Gasteiger partial charge in [0.2, 0.25) is 17.8 Å². The molecular weight excluding hydrogens is 400 g/mol. The van der Waals surface area contributed by atoms with Gasteiger partial charge in [0.25, 0.3) is 0 Å². The Morgan fingerprint density at radius 2 is 1.31 bits per heavy atom. The van der Waals surface area contributed by atoms with Crippen molar-refractivity contribution >= 4 is 23.6 Å². The van der Waals surface area contributed by atoms with Gasteiger partial charge in [-0.3, -0.25) is 4.79 Å². The molecule has 4 fully saturated rings. The first-order valence-corrected chi connectivity index (χ1v) is 12.7. The minimum Gasteiger partial charge on any atom is -0.341 e. The van der Waals surface area contributed by atoms with Crippen molar-refractivity contribution in [3.8, 4) is 0 Å². The number of hydrogen-bond donors (Lipinski definition) is 0. The molecule has 2 aliphatic carbocycles. The van der Waals surface area contributed by atoms with Gasteiger partial charge < -0.3 is 14.7 Å². The maximum absolute atomic E-state index is 12.5. The first kappa shape index (κ1) is 20.2. The summed E-state index contributed by atoms with van der Waals surface area (Å²) >= 11 is 0. The van der Waals surface area contributed by atoms with Crippen LogP contribution in [0.1, 0.15) is 51.4 Å². The topological polar surface area (TPSA) is 65.5 Å². The first-order chi connectivity index (χ1) is 15.7. The van der Waals surface area contributed by atoms with Crippen LogP contribution in [0.4, 0.5) is 17.8 Å². The van der Waals surface area contributed by atoms with Gasteiger partial charge in [0.05, 0.1) is 0 Å². The van der Waals surface area contributed by atoms with E-state index in [4.69, 9.17) is 15.0 Å². The van der Waals surface area contributed by atoms with Crippen LogP contribution in [0.25, 0.3) is 0 Å². The highest BCUT2D eigenvalue weighted by Crippen LogP contribution is 2.44. The highest BCUT2D eigenvalue weighted by molar-refractivity contribution is 5.95. The smallest absolute Gasteiger partial charge is 0.231 e. The summed E-state index contributed by atoms with van der Waals surface area (Å²) in [7, 11) is 0. The lowest BCUT2D eigenvalue weighted by Crippen LogP contribution is -2.48.